The van der Waals surface area contributed by atoms with Crippen LogP contribution in [0, 0.1) is 12.7 Å². The van der Waals surface area contributed by atoms with E-state index in [4.69, 9.17) is 0 Å². The molecular weight excluding hydrogens is 434 g/mol. The van der Waals surface area contributed by atoms with Crippen LogP contribution in [0.1, 0.15) is 38.8 Å². The first-order valence-corrected chi connectivity index (χ1v) is 10.0. The molecule has 0 aliphatic heterocycles. The van der Waals surface area contributed by atoms with E-state index in [9.17, 15) is 27.5 Å². The van der Waals surface area contributed by atoms with E-state index in [-0.39, 0.29) is 16.8 Å². The van der Waals surface area contributed by atoms with Crippen molar-refractivity contribution in [3.05, 3.63) is 69.6 Å². The average Bonchev–Trinajstić information content (AvgIpc) is 3.19. The maximum Gasteiger partial charge on any atom is 0.273 e. The van der Waals surface area contributed by atoms with E-state index >= 15 is 0 Å². The molecule has 0 saturated carbocycles. The molecule has 0 aliphatic carbocycles. The molecule has 0 saturated heterocycles. The maximum absolute atomic E-state index is 13.5. The number of nitrogens with zero attached hydrogens (tertiary/aromatic N) is 2. The molecule has 0 bridgehead atoms. The van der Waals surface area contributed by atoms with Gasteiger partial charge in [-0.15, -0.1) is 11.3 Å². The van der Waals surface area contributed by atoms with Gasteiger partial charge in [-0.1, -0.05) is 0 Å². The van der Waals surface area contributed by atoms with Crippen LogP contribution >= 0.6 is 11.3 Å². The summed E-state index contributed by atoms with van der Waals surface area (Å²) in [4.78, 5) is 21.6. The second kappa shape index (κ2) is 9.11. The molecule has 2 aromatic heterocycles. The first-order valence-electron chi connectivity index (χ1n) is 9.21. The third-order valence-electron chi connectivity index (χ3n) is 4.70. The quantitative estimate of drug-likeness (QED) is 0.514. The van der Waals surface area contributed by atoms with Crippen molar-refractivity contribution in [2.24, 2.45) is 0 Å². The fraction of sp³-hybridized carbons (Fsp3) is 0.286. The summed E-state index contributed by atoms with van der Waals surface area (Å²) in [6, 6.07) is 5.45. The Balaban J connectivity index is 2.03. The lowest BCUT2D eigenvalue weighted by Gasteiger charge is -2.25. The van der Waals surface area contributed by atoms with Crippen LogP contribution in [0.5, 0.6) is 0 Å². The van der Waals surface area contributed by atoms with Crippen molar-refractivity contribution in [3.63, 3.8) is 0 Å². The van der Waals surface area contributed by atoms with Crippen molar-refractivity contribution in [2.45, 2.75) is 31.9 Å². The van der Waals surface area contributed by atoms with E-state index in [1.165, 1.54) is 23.5 Å². The van der Waals surface area contributed by atoms with Crippen LogP contribution in [0.2, 0.25) is 0 Å². The fourth-order valence-electron chi connectivity index (χ4n) is 2.89. The number of halogens is 4. The summed E-state index contributed by atoms with van der Waals surface area (Å²) in [5.74, 6) is -1.24. The molecule has 3 rings (SSSR count). The first kappa shape index (κ1) is 22.8. The number of thiazole rings is 1. The summed E-state index contributed by atoms with van der Waals surface area (Å²) in [5, 5.41) is 13.7. The molecule has 10 heteroatoms. The van der Waals surface area contributed by atoms with Gasteiger partial charge in [-0.05, 0) is 49.7 Å². The van der Waals surface area contributed by atoms with E-state index in [0.29, 0.717) is 0 Å². The Morgan fingerprint density at radius 3 is 2.52 bits per heavy atom. The first-order chi connectivity index (χ1) is 14.6. The lowest BCUT2D eigenvalue weighted by molar-refractivity contribution is -0.114. The number of alkyl halides is 3. The number of hydrogen-bond acceptors (Lipinski definition) is 5. The monoisotopic (exact) mass is 453 g/mol. The van der Waals surface area contributed by atoms with Gasteiger partial charge < -0.3 is 10.4 Å². The minimum absolute atomic E-state index is 0.0840. The SMILES string of the molecule is Cc1ncc([C@@H](C)NC(=O)c2cc(-c3ccc(F)cn3)cc(C(O)(CF)C(F)F)c2)s1. The summed E-state index contributed by atoms with van der Waals surface area (Å²) >= 11 is 1.39. The number of nitrogens with one attached hydrogen (secondary N) is 1. The maximum atomic E-state index is 13.5. The molecule has 2 atom stereocenters. The van der Waals surface area contributed by atoms with Crippen LogP contribution < -0.4 is 5.32 Å². The van der Waals surface area contributed by atoms with Crippen molar-refractivity contribution in [2.75, 3.05) is 6.67 Å². The molecule has 2 heterocycles. The Bertz CT molecular complexity index is 1070. The highest BCUT2D eigenvalue weighted by Gasteiger charge is 2.40. The zero-order valence-corrected chi connectivity index (χ0v) is 17.4. The number of hydrogen-bond donors (Lipinski definition) is 2. The summed E-state index contributed by atoms with van der Waals surface area (Å²) in [6.45, 7) is 1.78. The Kier molecular flexibility index (Phi) is 6.71. The highest BCUT2D eigenvalue weighted by atomic mass is 32.1. The van der Waals surface area contributed by atoms with Crippen molar-refractivity contribution < 1.29 is 27.5 Å². The summed E-state index contributed by atoms with van der Waals surface area (Å²) < 4.78 is 53.6. The van der Waals surface area contributed by atoms with Crippen LogP contribution in [0.4, 0.5) is 17.6 Å². The van der Waals surface area contributed by atoms with Crippen LogP contribution in [-0.4, -0.2) is 34.1 Å². The number of benzene rings is 1. The van der Waals surface area contributed by atoms with Gasteiger partial charge in [0.15, 0.2) is 5.60 Å². The smallest absolute Gasteiger partial charge is 0.273 e. The number of rotatable bonds is 7. The second-order valence-corrected chi connectivity index (χ2v) is 8.26. The molecule has 164 valence electrons. The lowest BCUT2D eigenvalue weighted by atomic mass is 9.91. The molecule has 0 aliphatic rings. The number of pyridine rings is 1. The molecule has 0 radical (unpaired) electrons. The second-order valence-electron chi connectivity index (χ2n) is 7.00. The molecular formula is C21H19F4N3O2S. The topological polar surface area (TPSA) is 75.1 Å². The van der Waals surface area contributed by atoms with Gasteiger partial charge in [0.1, 0.15) is 12.5 Å². The van der Waals surface area contributed by atoms with Crippen LogP contribution in [0.25, 0.3) is 11.3 Å². The Labute approximate surface area is 179 Å². The number of aliphatic hydroxyl groups is 1. The highest BCUT2D eigenvalue weighted by molar-refractivity contribution is 7.11. The Morgan fingerprint density at radius 2 is 1.97 bits per heavy atom. The molecule has 1 amide bonds. The van der Waals surface area contributed by atoms with Gasteiger partial charge in [0.2, 0.25) is 0 Å². The van der Waals surface area contributed by atoms with Crippen molar-refractivity contribution in [3.8, 4) is 11.3 Å². The van der Waals surface area contributed by atoms with E-state index < -0.39 is 42.0 Å². The average molecular weight is 453 g/mol. The highest BCUT2D eigenvalue weighted by Crippen LogP contribution is 2.33. The molecule has 0 spiro atoms. The van der Waals surface area contributed by atoms with Gasteiger partial charge in [0.25, 0.3) is 12.3 Å². The summed E-state index contributed by atoms with van der Waals surface area (Å²) in [6.07, 6.45) is -0.901. The van der Waals surface area contributed by atoms with E-state index in [1.54, 1.807) is 13.1 Å². The molecule has 5 nitrogen and oxygen atoms in total. The van der Waals surface area contributed by atoms with Gasteiger partial charge in [0.05, 0.1) is 22.9 Å². The standard InChI is InChI=1S/C21H19F4N3O2S/c1-11(18-9-26-12(2)31-18)28-19(29)14-5-13(17-4-3-16(23)8-27-17)6-15(7-14)21(30,10-22)20(24)25/h3-9,11,20,30H,10H2,1-2H3,(H,28,29)/t11-,21?/m1/s1. The lowest BCUT2D eigenvalue weighted by Crippen LogP contribution is -2.37. The minimum atomic E-state index is -3.44. The van der Waals surface area contributed by atoms with Gasteiger partial charge in [0, 0.05) is 22.2 Å². The molecule has 2 N–H and O–H groups in total. The molecule has 0 fully saturated rings. The summed E-state index contributed by atoms with van der Waals surface area (Å²) in [5.41, 5.74) is -3.36. The molecule has 1 unspecified atom stereocenters. The number of aryl methyl sites for hydroxylation is 1. The van der Waals surface area contributed by atoms with E-state index in [2.05, 4.69) is 15.3 Å². The zero-order valence-electron chi connectivity index (χ0n) is 16.6. The number of carbonyl (C=O) groups excluding carboxylic acids is 1. The fourth-order valence-corrected chi connectivity index (χ4v) is 3.68. The number of amides is 1. The summed E-state index contributed by atoms with van der Waals surface area (Å²) in [7, 11) is 0. The zero-order chi connectivity index (χ0) is 22.8. The predicted octanol–water partition coefficient (Wildman–Crippen LogP) is 4.57. The third kappa shape index (κ3) is 4.91. The van der Waals surface area contributed by atoms with Crippen LogP contribution in [-0.2, 0) is 5.60 Å². The Morgan fingerprint density at radius 1 is 1.23 bits per heavy atom. The Hall–Kier alpha value is -2.85. The van der Waals surface area contributed by atoms with Gasteiger partial charge in [-0.3, -0.25) is 9.78 Å². The van der Waals surface area contributed by atoms with Crippen LogP contribution in [0.15, 0.2) is 42.7 Å². The number of carbonyl (C=O) groups is 1. The van der Waals surface area contributed by atoms with Gasteiger partial charge in [-0.25, -0.2) is 22.5 Å². The van der Waals surface area contributed by atoms with Gasteiger partial charge >= 0.3 is 0 Å². The van der Waals surface area contributed by atoms with Crippen LogP contribution in [0.3, 0.4) is 0 Å². The van der Waals surface area contributed by atoms with Crippen molar-refractivity contribution in [1.29, 1.82) is 0 Å². The van der Waals surface area contributed by atoms with Crippen molar-refractivity contribution >= 4 is 17.2 Å². The molecule has 31 heavy (non-hydrogen) atoms. The third-order valence-corrected chi connectivity index (χ3v) is 5.79. The number of aromatic nitrogens is 2. The van der Waals surface area contributed by atoms with Crippen molar-refractivity contribution in [1.82, 2.24) is 15.3 Å². The van der Waals surface area contributed by atoms with E-state index in [1.807, 2.05) is 6.92 Å². The van der Waals surface area contributed by atoms with Gasteiger partial charge in [-0.2, -0.15) is 0 Å². The molecule has 3 aromatic rings. The normalized spacial score (nSPS) is 14.3. The minimum Gasteiger partial charge on any atom is -0.377 e. The predicted molar refractivity (Wildman–Crippen MR) is 108 cm³/mol. The largest absolute Gasteiger partial charge is 0.377 e. The van der Waals surface area contributed by atoms with E-state index in [0.717, 1.165) is 34.3 Å². The molecule has 1 aromatic carbocycles.